The molecule has 1 atom stereocenters. The lowest BCUT2D eigenvalue weighted by molar-refractivity contribution is 0.277. The third kappa shape index (κ3) is 2.25. The molecule has 1 aromatic rings. The Hall–Kier alpha value is -0.850. The van der Waals surface area contributed by atoms with Crippen molar-refractivity contribution in [2.45, 2.75) is 43.7 Å². The molecule has 2 heterocycles. The van der Waals surface area contributed by atoms with E-state index in [0.29, 0.717) is 12.2 Å². The fourth-order valence-electron chi connectivity index (χ4n) is 2.33. The van der Waals surface area contributed by atoms with Gasteiger partial charge in [0.2, 0.25) is 10.0 Å². The Labute approximate surface area is 102 Å². The number of rotatable bonds is 4. The van der Waals surface area contributed by atoms with Crippen LogP contribution in [0.15, 0.2) is 17.2 Å². The molecule has 96 valence electrons. The molecular weight excluding hydrogens is 240 g/mol. The van der Waals surface area contributed by atoms with Crippen molar-refractivity contribution in [2.75, 3.05) is 6.54 Å². The average molecular weight is 258 g/mol. The lowest BCUT2D eigenvalue weighted by atomic mass is 10.2. The fraction of sp³-hybridized carbons (Fsp3) is 0.636. The first-order valence-electron chi connectivity index (χ1n) is 5.89. The zero-order valence-corrected chi connectivity index (χ0v) is 10.7. The first kappa shape index (κ1) is 12.6. The van der Waals surface area contributed by atoms with Crippen LogP contribution < -0.4 is 0 Å². The topological polar surface area (TPSA) is 73.4 Å². The van der Waals surface area contributed by atoms with Crippen molar-refractivity contribution in [2.24, 2.45) is 0 Å². The van der Waals surface area contributed by atoms with Crippen molar-refractivity contribution < 1.29 is 13.5 Å². The van der Waals surface area contributed by atoms with E-state index >= 15 is 0 Å². The Morgan fingerprint density at radius 2 is 2.35 bits per heavy atom. The predicted octanol–water partition coefficient (Wildman–Crippen LogP) is 1.07. The van der Waals surface area contributed by atoms with Gasteiger partial charge in [0.15, 0.2) is 0 Å². The van der Waals surface area contributed by atoms with Crippen molar-refractivity contribution in [3.8, 4) is 0 Å². The second-order valence-electron chi connectivity index (χ2n) is 4.34. The smallest absolute Gasteiger partial charge is 0.244 e. The van der Waals surface area contributed by atoms with Gasteiger partial charge in [-0.1, -0.05) is 6.92 Å². The third-order valence-corrected chi connectivity index (χ3v) is 5.22. The minimum atomic E-state index is -3.40. The molecule has 0 spiro atoms. The van der Waals surface area contributed by atoms with Gasteiger partial charge >= 0.3 is 0 Å². The van der Waals surface area contributed by atoms with E-state index in [1.54, 1.807) is 4.31 Å². The predicted molar refractivity (Wildman–Crippen MR) is 63.9 cm³/mol. The molecule has 17 heavy (non-hydrogen) atoms. The molecule has 0 aliphatic carbocycles. The second-order valence-corrected chi connectivity index (χ2v) is 6.23. The number of nitrogens with zero attached hydrogens (tertiary/aromatic N) is 1. The molecule has 1 fully saturated rings. The second kappa shape index (κ2) is 4.80. The Morgan fingerprint density at radius 3 is 2.94 bits per heavy atom. The minimum Gasteiger partial charge on any atom is -0.390 e. The first-order valence-corrected chi connectivity index (χ1v) is 7.33. The molecule has 1 saturated heterocycles. The summed E-state index contributed by atoms with van der Waals surface area (Å²) in [6.07, 6.45) is 4.16. The van der Waals surface area contributed by atoms with Crippen LogP contribution in [0.5, 0.6) is 0 Å². The van der Waals surface area contributed by atoms with E-state index in [1.807, 2.05) is 6.92 Å². The van der Waals surface area contributed by atoms with E-state index in [2.05, 4.69) is 4.98 Å². The minimum absolute atomic E-state index is 0.118. The van der Waals surface area contributed by atoms with Gasteiger partial charge in [-0.2, -0.15) is 4.31 Å². The maximum absolute atomic E-state index is 12.4. The van der Waals surface area contributed by atoms with Crippen LogP contribution in [0.25, 0.3) is 0 Å². The number of hydrogen-bond acceptors (Lipinski definition) is 3. The first-order chi connectivity index (χ1) is 8.09. The van der Waals surface area contributed by atoms with E-state index in [1.165, 1.54) is 12.3 Å². The summed E-state index contributed by atoms with van der Waals surface area (Å²) in [5.41, 5.74) is 0.524. The summed E-state index contributed by atoms with van der Waals surface area (Å²) in [6.45, 7) is 2.43. The van der Waals surface area contributed by atoms with Crippen molar-refractivity contribution in [1.82, 2.24) is 9.29 Å². The number of H-pyrrole nitrogens is 1. The van der Waals surface area contributed by atoms with Crippen LogP contribution in [-0.2, 0) is 16.6 Å². The normalized spacial score (nSPS) is 22.1. The molecule has 0 radical (unpaired) electrons. The van der Waals surface area contributed by atoms with Gasteiger partial charge in [0, 0.05) is 24.5 Å². The molecule has 5 nitrogen and oxygen atoms in total. The maximum atomic E-state index is 12.4. The van der Waals surface area contributed by atoms with Gasteiger partial charge in [-0.25, -0.2) is 8.42 Å². The van der Waals surface area contributed by atoms with Crippen LogP contribution in [0, 0.1) is 0 Å². The van der Waals surface area contributed by atoms with Crippen molar-refractivity contribution in [3.63, 3.8) is 0 Å². The molecular formula is C11H18N2O3S. The van der Waals surface area contributed by atoms with Gasteiger partial charge in [0.1, 0.15) is 0 Å². The van der Waals surface area contributed by atoms with Gasteiger partial charge in [-0.05, 0) is 25.3 Å². The summed E-state index contributed by atoms with van der Waals surface area (Å²) in [6, 6.07) is 1.62. The lowest BCUT2D eigenvalue weighted by Crippen LogP contribution is -2.34. The molecule has 1 aromatic heterocycles. The zero-order chi connectivity index (χ0) is 12.5. The largest absolute Gasteiger partial charge is 0.390 e. The number of hydrogen-bond donors (Lipinski definition) is 2. The van der Waals surface area contributed by atoms with Crippen LogP contribution >= 0.6 is 0 Å². The highest BCUT2D eigenvalue weighted by Gasteiger charge is 2.34. The lowest BCUT2D eigenvalue weighted by Gasteiger charge is -2.22. The average Bonchev–Trinajstić information content (AvgIpc) is 2.97. The molecule has 1 aliphatic heterocycles. The summed E-state index contributed by atoms with van der Waals surface area (Å²) in [7, 11) is -3.40. The highest BCUT2D eigenvalue weighted by atomic mass is 32.2. The number of aliphatic hydroxyl groups is 1. The highest BCUT2D eigenvalue weighted by molar-refractivity contribution is 7.89. The van der Waals surface area contributed by atoms with E-state index < -0.39 is 10.0 Å². The number of aliphatic hydroxyl groups excluding tert-OH is 1. The maximum Gasteiger partial charge on any atom is 0.244 e. The Morgan fingerprint density at radius 1 is 1.59 bits per heavy atom. The van der Waals surface area contributed by atoms with Crippen molar-refractivity contribution >= 4 is 10.0 Å². The van der Waals surface area contributed by atoms with Gasteiger partial charge in [0.05, 0.1) is 11.5 Å². The SMILES string of the molecule is CCC1CCCN1S(=O)(=O)c1c[nH]c(CO)c1. The summed E-state index contributed by atoms with van der Waals surface area (Å²) >= 11 is 0. The molecule has 6 heteroatoms. The van der Waals surface area contributed by atoms with Gasteiger partial charge in [0.25, 0.3) is 0 Å². The molecule has 0 saturated carbocycles. The van der Waals surface area contributed by atoms with Crippen molar-refractivity contribution in [1.29, 1.82) is 0 Å². The molecule has 1 unspecified atom stereocenters. The molecule has 0 bridgehead atoms. The van der Waals surface area contributed by atoms with Crippen LogP contribution in [0.1, 0.15) is 31.9 Å². The molecule has 0 amide bonds. The quantitative estimate of drug-likeness (QED) is 0.848. The molecule has 2 rings (SSSR count). The van der Waals surface area contributed by atoms with Crippen molar-refractivity contribution in [3.05, 3.63) is 18.0 Å². The van der Waals surface area contributed by atoms with Crippen LogP contribution in [0.3, 0.4) is 0 Å². The molecule has 0 aromatic carbocycles. The summed E-state index contributed by atoms with van der Waals surface area (Å²) in [5, 5.41) is 8.94. The zero-order valence-electron chi connectivity index (χ0n) is 9.89. The third-order valence-electron chi connectivity index (χ3n) is 3.29. The number of aromatic nitrogens is 1. The Kier molecular flexibility index (Phi) is 3.56. The van der Waals surface area contributed by atoms with Gasteiger partial charge < -0.3 is 10.1 Å². The van der Waals surface area contributed by atoms with E-state index in [0.717, 1.165) is 19.3 Å². The fourth-order valence-corrected chi connectivity index (χ4v) is 4.11. The van der Waals surface area contributed by atoms with Crippen LogP contribution in [0.2, 0.25) is 0 Å². The standard InChI is InChI=1S/C11H18N2O3S/c1-2-10-4-3-5-13(10)17(15,16)11-6-9(8-14)12-7-11/h6-7,10,12,14H,2-5,8H2,1H3. The van der Waals surface area contributed by atoms with E-state index in [-0.39, 0.29) is 17.5 Å². The van der Waals surface area contributed by atoms with Crippen LogP contribution in [0.4, 0.5) is 0 Å². The molecule has 2 N–H and O–H groups in total. The highest BCUT2D eigenvalue weighted by Crippen LogP contribution is 2.27. The Balaban J connectivity index is 2.29. The van der Waals surface area contributed by atoms with Gasteiger partial charge in [-0.15, -0.1) is 0 Å². The number of sulfonamides is 1. The summed E-state index contributed by atoms with van der Waals surface area (Å²) < 4.78 is 26.3. The Bertz CT molecular complexity index is 481. The van der Waals surface area contributed by atoms with E-state index in [9.17, 15) is 8.42 Å². The summed E-state index contributed by atoms with van der Waals surface area (Å²) in [5.74, 6) is 0. The molecule has 1 aliphatic rings. The van der Waals surface area contributed by atoms with Crippen LogP contribution in [-0.4, -0.2) is 35.4 Å². The number of aromatic amines is 1. The summed E-state index contributed by atoms with van der Waals surface area (Å²) in [4.78, 5) is 3.01. The number of nitrogens with one attached hydrogen (secondary N) is 1. The monoisotopic (exact) mass is 258 g/mol. The van der Waals surface area contributed by atoms with Gasteiger partial charge in [-0.3, -0.25) is 0 Å². The van der Waals surface area contributed by atoms with E-state index in [4.69, 9.17) is 5.11 Å².